The van der Waals surface area contributed by atoms with Gasteiger partial charge in [-0.25, -0.2) is 30.7 Å². The maximum Gasteiger partial charge on any atom is 0.330 e. The largest absolute Gasteiger partial charge is 0.330 e. The van der Waals surface area contributed by atoms with E-state index in [2.05, 4.69) is 0 Å². The zero-order chi connectivity index (χ0) is 15.6. The number of hydrogen-bond acceptors (Lipinski definition) is 0. The molecule has 0 nitrogen and oxygen atoms in total. The fourth-order valence-electron chi connectivity index (χ4n) is 1.72. The Balaban J connectivity index is 3.05. The Morgan fingerprint density at radius 1 is 0.600 bits per heavy atom. The number of hydrogen-bond donors (Lipinski definition) is 0. The Kier molecular flexibility index (Phi) is 3.05. The minimum Gasteiger partial charge on any atom is -0.213 e. The second-order valence-electron chi connectivity index (χ2n) is 3.78. The smallest absolute Gasteiger partial charge is 0.213 e. The summed E-state index contributed by atoms with van der Waals surface area (Å²) in [6.45, 7) is 0. The van der Waals surface area contributed by atoms with E-state index in [4.69, 9.17) is 11.6 Å². The standard InChI is InChI=1S/C10ClF9/c11-9(18)1-2(10(19,20)8(17)7(9)16)4(13)6(15)5(14)3(1)12. The summed E-state index contributed by atoms with van der Waals surface area (Å²) in [5.41, 5.74) is -4.88. The lowest BCUT2D eigenvalue weighted by atomic mass is 9.89. The molecule has 1 aromatic rings. The third kappa shape index (κ3) is 1.58. The molecule has 1 aliphatic rings. The lowest BCUT2D eigenvalue weighted by Gasteiger charge is -2.30. The number of benzene rings is 1. The summed E-state index contributed by atoms with van der Waals surface area (Å²) >= 11 is 4.71. The topological polar surface area (TPSA) is 0 Å². The summed E-state index contributed by atoms with van der Waals surface area (Å²) in [6.07, 6.45) is 0. The van der Waals surface area contributed by atoms with E-state index < -0.39 is 57.1 Å². The maximum absolute atomic E-state index is 13.7. The van der Waals surface area contributed by atoms with Gasteiger partial charge in [0.25, 0.3) is 5.13 Å². The fourth-order valence-corrected chi connectivity index (χ4v) is 1.98. The van der Waals surface area contributed by atoms with Crippen LogP contribution in [0.25, 0.3) is 0 Å². The van der Waals surface area contributed by atoms with Gasteiger partial charge in [-0.15, -0.1) is 0 Å². The second-order valence-corrected chi connectivity index (χ2v) is 4.30. The molecule has 110 valence electrons. The molecule has 10 heteroatoms. The van der Waals surface area contributed by atoms with Crippen LogP contribution in [0.5, 0.6) is 0 Å². The van der Waals surface area contributed by atoms with Gasteiger partial charge in [0.2, 0.25) is 5.83 Å². The zero-order valence-corrected chi connectivity index (χ0v) is 9.54. The second kappa shape index (κ2) is 4.06. The summed E-state index contributed by atoms with van der Waals surface area (Å²) < 4.78 is 119. The lowest BCUT2D eigenvalue weighted by Crippen LogP contribution is -2.34. The van der Waals surface area contributed by atoms with Gasteiger partial charge in [0.05, 0.1) is 11.1 Å². The molecule has 1 unspecified atom stereocenters. The molecule has 0 saturated heterocycles. The summed E-state index contributed by atoms with van der Waals surface area (Å²) in [7, 11) is 0. The molecule has 1 atom stereocenters. The molecule has 0 aromatic heterocycles. The van der Waals surface area contributed by atoms with Crippen LogP contribution in [-0.4, -0.2) is 0 Å². The van der Waals surface area contributed by atoms with Crippen LogP contribution in [0.1, 0.15) is 11.1 Å². The van der Waals surface area contributed by atoms with Crippen LogP contribution in [0.15, 0.2) is 11.7 Å². The van der Waals surface area contributed by atoms with Gasteiger partial charge < -0.3 is 0 Å². The van der Waals surface area contributed by atoms with Crippen LogP contribution in [0.4, 0.5) is 39.5 Å². The van der Waals surface area contributed by atoms with Gasteiger partial charge in [-0.3, -0.25) is 0 Å². The van der Waals surface area contributed by atoms with Gasteiger partial charge in [-0.1, -0.05) is 11.6 Å². The third-order valence-electron chi connectivity index (χ3n) is 2.64. The molecule has 1 aromatic carbocycles. The summed E-state index contributed by atoms with van der Waals surface area (Å²) in [4.78, 5) is 0. The monoisotopic (exact) mass is 326 g/mol. The van der Waals surface area contributed by atoms with Crippen molar-refractivity contribution in [2.45, 2.75) is 11.1 Å². The van der Waals surface area contributed by atoms with Gasteiger partial charge in [-0.05, 0) is 0 Å². The minimum atomic E-state index is -5.25. The van der Waals surface area contributed by atoms with Crippen molar-refractivity contribution >= 4 is 11.6 Å². The van der Waals surface area contributed by atoms with Gasteiger partial charge in [0.1, 0.15) is 0 Å². The van der Waals surface area contributed by atoms with E-state index in [9.17, 15) is 39.5 Å². The predicted molar refractivity (Wildman–Crippen MR) is 48.0 cm³/mol. The number of fused-ring (bicyclic) bond motifs is 1. The first-order chi connectivity index (χ1) is 8.95. The molecule has 20 heavy (non-hydrogen) atoms. The Hall–Kier alpha value is -1.38. The third-order valence-corrected chi connectivity index (χ3v) is 2.99. The van der Waals surface area contributed by atoms with Crippen LogP contribution in [0.3, 0.4) is 0 Å². The van der Waals surface area contributed by atoms with Crippen LogP contribution in [0, 0.1) is 23.3 Å². The fraction of sp³-hybridized carbons (Fsp3) is 0.200. The van der Waals surface area contributed by atoms with Crippen LogP contribution in [0.2, 0.25) is 0 Å². The minimum absolute atomic E-state index is 2.35. The first-order valence-electron chi connectivity index (χ1n) is 4.64. The van der Waals surface area contributed by atoms with Gasteiger partial charge >= 0.3 is 5.92 Å². The van der Waals surface area contributed by atoms with Gasteiger partial charge in [-0.2, -0.15) is 8.78 Å². The Bertz CT molecular complexity index is 592. The number of rotatable bonds is 0. The number of allylic oxidation sites excluding steroid dienone is 2. The first kappa shape index (κ1) is 15.0. The molecule has 1 aliphatic carbocycles. The van der Waals surface area contributed by atoms with Crippen molar-refractivity contribution in [1.29, 1.82) is 0 Å². The van der Waals surface area contributed by atoms with E-state index in [0.717, 1.165) is 0 Å². The lowest BCUT2D eigenvalue weighted by molar-refractivity contribution is -0.00871. The normalized spacial score (nSPS) is 24.9. The molecule has 0 radical (unpaired) electrons. The van der Waals surface area contributed by atoms with E-state index in [1.165, 1.54) is 0 Å². The number of halogens is 10. The first-order valence-corrected chi connectivity index (χ1v) is 5.02. The summed E-state index contributed by atoms with van der Waals surface area (Å²) in [5, 5.41) is -4.43. The van der Waals surface area contributed by atoms with Crippen molar-refractivity contribution in [2.24, 2.45) is 0 Å². The van der Waals surface area contributed by atoms with Gasteiger partial charge in [0, 0.05) is 0 Å². The van der Waals surface area contributed by atoms with Crippen molar-refractivity contribution in [3.63, 3.8) is 0 Å². The molecule has 2 rings (SSSR count). The molecule has 0 fully saturated rings. The van der Waals surface area contributed by atoms with Crippen molar-refractivity contribution in [2.75, 3.05) is 0 Å². The zero-order valence-electron chi connectivity index (χ0n) is 8.78. The molecular weight excluding hydrogens is 327 g/mol. The predicted octanol–water partition coefficient (Wildman–Crippen LogP) is 4.86. The average molecular weight is 327 g/mol. The Labute approximate surface area is 109 Å². The van der Waals surface area contributed by atoms with Gasteiger partial charge in [0.15, 0.2) is 29.1 Å². The molecule has 0 heterocycles. The highest BCUT2D eigenvalue weighted by molar-refractivity contribution is 6.25. The van der Waals surface area contributed by atoms with E-state index >= 15 is 0 Å². The van der Waals surface area contributed by atoms with Crippen molar-refractivity contribution in [3.8, 4) is 0 Å². The van der Waals surface area contributed by atoms with E-state index in [0.29, 0.717) is 0 Å². The highest BCUT2D eigenvalue weighted by atomic mass is 35.5. The average Bonchev–Trinajstić information content (AvgIpc) is 2.36. The highest BCUT2D eigenvalue weighted by Gasteiger charge is 2.59. The molecule has 0 saturated carbocycles. The van der Waals surface area contributed by atoms with Crippen molar-refractivity contribution in [1.82, 2.24) is 0 Å². The van der Waals surface area contributed by atoms with E-state index in [1.807, 2.05) is 0 Å². The van der Waals surface area contributed by atoms with Crippen molar-refractivity contribution < 1.29 is 39.5 Å². The van der Waals surface area contributed by atoms with Crippen LogP contribution < -0.4 is 0 Å². The summed E-state index contributed by atoms with van der Waals surface area (Å²) in [5.74, 6) is -22.2. The van der Waals surface area contributed by atoms with Crippen LogP contribution >= 0.6 is 11.6 Å². The SMILES string of the molecule is FC1=C(F)C(F)(Cl)c2c(F)c(F)c(F)c(F)c2C1(F)F. The molecule has 0 aliphatic heterocycles. The van der Waals surface area contributed by atoms with Crippen molar-refractivity contribution in [3.05, 3.63) is 46.0 Å². The Morgan fingerprint density at radius 3 is 1.45 bits per heavy atom. The van der Waals surface area contributed by atoms with E-state index in [1.54, 1.807) is 0 Å². The quantitative estimate of drug-likeness (QED) is 0.276. The molecule has 0 amide bonds. The summed E-state index contributed by atoms with van der Waals surface area (Å²) in [6, 6.07) is 0. The van der Waals surface area contributed by atoms with Crippen LogP contribution in [-0.2, 0) is 11.1 Å². The maximum atomic E-state index is 13.7. The highest BCUT2D eigenvalue weighted by Crippen LogP contribution is 2.56. The molecular formula is C10ClF9. The number of alkyl halides is 4. The molecule has 0 N–H and O–H groups in total. The molecule has 0 bridgehead atoms. The molecule has 0 spiro atoms. The Morgan fingerprint density at radius 2 is 1.00 bits per heavy atom. The van der Waals surface area contributed by atoms with E-state index in [-0.39, 0.29) is 0 Å².